The summed E-state index contributed by atoms with van der Waals surface area (Å²) in [7, 11) is 1.50. The number of carbonyl (C=O) groups excluding carboxylic acids is 2. The molecule has 7 aromatic carbocycles. The van der Waals surface area contributed by atoms with Crippen LogP contribution in [-0.4, -0.2) is 68.2 Å². The minimum absolute atomic E-state index is 0. The quantitative estimate of drug-likeness (QED) is 0.0935. The number of nitrogens with two attached hydrogens (primary N) is 2. The number of rotatable bonds is 6. The van der Waals surface area contributed by atoms with E-state index in [-0.39, 0.29) is 44.0 Å². The Balaban J connectivity index is 0.000000346. The van der Waals surface area contributed by atoms with Crippen molar-refractivity contribution < 1.29 is 19.4 Å². The van der Waals surface area contributed by atoms with Crippen LogP contribution in [0.1, 0.15) is 107 Å². The molecule has 0 radical (unpaired) electrons. The molecule has 9 aromatic rings. The Morgan fingerprint density at radius 1 is 0.723 bits per heavy atom. The molecule has 0 spiro atoms. The highest BCUT2D eigenvalue weighted by Gasteiger charge is 2.43. The van der Waals surface area contributed by atoms with Crippen molar-refractivity contribution in [1.82, 2.24) is 19.1 Å². The number of imidazole rings is 2. The van der Waals surface area contributed by atoms with Gasteiger partial charge in [-0.1, -0.05) is 223 Å². The second kappa shape index (κ2) is 38.8. The van der Waals surface area contributed by atoms with Crippen LogP contribution in [0.15, 0.2) is 225 Å². The Kier molecular flexibility index (Phi) is 33.7. The van der Waals surface area contributed by atoms with Gasteiger partial charge in [-0.05, 0) is 97.0 Å². The average Bonchev–Trinajstić information content (AvgIpc) is 2.20. The van der Waals surface area contributed by atoms with Crippen molar-refractivity contribution in [3.05, 3.63) is 259 Å². The van der Waals surface area contributed by atoms with Crippen LogP contribution in [-0.2, 0) is 26.5 Å². The van der Waals surface area contributed by atoms with E-state index in [0.29, 0.717) is 6.54 Å². The van der Waals surface area contributed by atoms with Gasteiger partial charge in [-0.25, -0.2) is 9.97 Å². The first kappa shape index (κ1) is 72.2. The van der Waals surface area contributed by atoms with Crippen molar-refractivity contribution in [3.8, 4) is 22.8 Å². The van der Waals surface area contributed by atoms with Crippen molar-refractivity contribution in [3.63, 3.8) is 0 Å². The number of aryl methyl sites for hydroxylation is 1. The maximum absolute atomic E-state index is 11.4. The van der Waals surface area contributed by atoms with Crippen LogP contribution in [0.25, 0.3) is 22.8 Å². The molecule has 6 N–H and O–H groups in total. The van der Waals surface area contributed by atoms with Crippen molar-refractivity contribution in [2.75, 3.05) is 20.2 Å². The van der Waals surface area contributed by atoms with E-state index in [1.807, 2.05) is 137 Å². The first-order valence-electron chi connectivity index (χ1n) is 26.8. The topological polar surface area (TPSA) is 187 Å². The first-order valence-corrected chi connectivity index (χ1v) is 29.2. The summed E-state index contributed by atoms with van der Waals surface area (Å²) in [5.41, 5.74) is 20.3. The predicted octanol–water partition coefficient (Wildman–Crippen LogP) is 16.4. The summed E-state index contributed by atoms with van der Waals surface area (Å²) in [5, 5.41) is 18.6. The van der Waals surface area contributed by atoms with Crippen LogP contribution >= 0.6 is 60.2 Å². The van der Waals surface area contributed by atoms with Gasteiger partial charge in [0.2, 0.25) is 5.90 Å². The minimum Gasteiger partial charge on any atom is -0.481 e. The lowest BCUT2D eigenvalue weighted by molar-refractivity contribution is -0.191. The molecule has 0 fully saturated rings. The van der Waals surface area contributed by atoms with E-state index in [9.17, 15) is 5.11 Å². The summed E-state index contributed by atoms with van der Waals surface area (Å²) < 4.78 is 12.0. The van der Waals surface area contributed by atoms with E-state index < -0.39 is 5.72 Å². The number of methoxy groups -OCH3 is 1. The van der Waals surface area contributed by atoms with Crippen molar-refractivity contribution >= 4 is 78.0 Å². The SMILES string of the molecule is Brc1ccc(C2c3ccccc3-c3nccn32)cc1.C.CC.CC.CC(N)CN.CCc1ccc(Br)cc1.COC(=N)c1ccccc1.Cl.O=C=O.OC1(c2ccc(Br)cc2)c2ccccc2-c2nccn21.c1ccc(C2=NCCC2)cc1. The molecule has 3 atom stereocenters. The van der Waals surface area contributed by atoms with Gasteiger partial charge in [0.1, 0.15) is 11.6 Å². The molecule has 83 heavy (non-hydrogen) atoms. The van der Waals surface area contributed by atoms with Crippen LogP contribution in [0, 0.1) is 5.41 Å². The standard InChI is InChI=1S/C16H11BrN2O.C16H11BrN2.C10H11N.C8H9Br.C8H9NO.C3H10N2.2C2H6.CO2.CH4.ClH/c17-12-7-5-11(6-8-12)16(20)14-4-2-1-3-13(14)15-18-9-10-19(15)16;17-12-7-5-11(6-8-12)15-13-3-1-2-4-14(13)16-18-9-10-19(15)16;1-2-5-9(6-3-1)10-7-4-8-11-10;1-2-7-3-5-8(9)6-4-7;1-10-8(9)7-5-3-2-4-6-7;1-3(5)2-4;2*1-2;2-1-3;;/h1-10,20H;1-10,15H;1-3,5-6H,4,7-8H2;3-6H,2H2,1H3;2-6,9H,1H3;3H,2,4-5H2,1H3;2*1-2H3;;1H4;1H. The molecule has 0 aliphatic carbocycles. The van der Waals surface area contributed by atoms with Gasteiger partial charge >= 0.3 is 6.15 Å². The summed E-state index contributed by atoms with van der Waals surface area (Å²) in [6.45, 7) is 13.6. The molecule has 12 rings (SSSR count). The van der Waals surface area contributed by atoms with Gasteiger partial charge in [0.25, 0.3) is 0 Å². The predicted molar refractivity (Wildman–Crippen MR) is 355 cm³/mol. The third kappa shape index (κ3) is 20.4. The molecular formula is C67H78Br3ClN8O4. The van der Waals surface area contributed by atoms with E-state index >= 15 is 0 Å². The smallest absolute Gasteiger partial charge is 0.373 e. The molecule has 16 heteroatoms. The van der Waals surface area contributed by atoms with Gasteiger partial charge in [0, 0.05) is 90.9 Å². The van der Waals surface area contributed by atoms with Crippen LogP contribution in [0.3, 0.4) is 0 Å². The lowest BCUT2D eigenvalue weighted by atomic mass is 9.94. The minimum atomic E-state index is -1.19. The molecule has 2 aromatic heterocycles. The lowest BCUT2D eigenvalue weighted by Gasteiger charge is -2.27. The summed E-state index contributed by atoms with van der Waals surface area (Å²) in [6.07, 6.45) is 11.2. The largest absolute Gasteiger partial charge is 0.481 e. The molecule has 3 aliphatic rings. The number of aliphatic imine (C=N–C) groups is 1. The van der Waals surface area contributed by atoms with Crippen LogP contribution in [0.2, 0.25) is 0 Å². The van der Waals surface area contributed by atoms with E-state index in [0.717, 1.165) is 66.7 Å². The maximum Gasteiger partial charge on any atom is 0.373 e. The van der Waals surface area contributed by atoms with Gasteiger partial charge in [0.05, 0.1) is 13.2 Å². The zero-order valence-corrected chi connectivity index (χ0v) is 53.0. The monoisotopic (exact) mass is 1330 g/mol. The fourth-order valence-corrected chi connectivity index (χ4v) is 9.28. The van der Waals surface area contributed by atoms with Crippen LogP contribution in [0.4, 0.5) is 0 Å². The molecule has 438 valence electrons. The Hall–Kier alpha value is -6.91. The van der Waals surface area contributed by atoms with Crippen molar-refractivity contribution in [1.29, 1.82) is 5.41 Å². The fraction of sp³-hybridized carbons (Fsp3) is 0.239. The highest BCUT2D eigenvalue weighted by atomic mass is 79.9. The highest BCUT2D eigenvalue weighted by molar-refractivity contribution is 9.11. The van der Waals surface area contributed by atoms with Gasteiger partial charge in [-0.3, -0.25) is 15.0 Å². The first-order chi connectivity index (χ1) is 39.4. The molecule has 5 heterocycles. The second-order valence-electron chi connectivity index (χ2n) is 17.5. The Morgan fingerprint density at radius 2 is 1.20 bits per heavy atom. The molecule has 0 saturated heterocycles. The summed E-state index contributed by atoms with van der Waals surface area (Å²) in [4.78, 5) is 29.5. The van der Waals surface area contributed by atoms with E-state index in [4.69, 9.17) is 31.2 Å². The highest BCUT2D eigenvalue weighted by Crippen LogP contribution is 2.45. The third-order valence-corrected chi connectivity index (χ3v) is 13.9. The van der Waals surface area contributed by atoms with Gasteiger partial charge < -0.3 is 25.9 Å². The zero-order valence-electron chi connectivity index (χ0n) is 47.4. The van der Waals surface area contributed by atoms with E-state index in [1.165, 1.54) is 47.1 Å². The molecular weight excluding hydrogens is 1260 g/mol. The number of benzene rings is 7. The molecule has 3 aliphatic heterocycles. The van der Waals surface area contributed by atoms with E-state index in [1.54, 1.807) is 6.20 Å². The number of nitrogens with zero attached hydrogens (tertiary/aromatic N) is 5. The van der Waals surface area contributed by atoms with Gasteiger partial charge in [-0.2, -0.15) is 9.59 Å². The maximum atomic E-state index is 11.4. The molecule has 3 unspecified atom stereocenters. The molecule has 0 saturated carbocycles. The number of ether oxygens (including phenoxy) is 1. The fourth-order valence-electron chi connectivity index (χ4n) is 8.49. The van der Waals surface area contributed by atoms with Gasteiger partial charge in [0.15, 0.2) is 5.72 Å². The number of hydrogen-bond acceptors (Lipinski definition) is 10. The number of nitrogens with one attached hydrogen (secondary N) is 1. The number of aromatic nitrogens is 4. The summed E-state index contributed by atoms with van der Waals surface area (Å²) >= 11 is 10.3. The molecule has 0 bridgehead atoms. The Labute approximate surface area is 522 Å². The lowest BCUT2D eigenvalue weighted by Crippen LogP contribution is -2.32. The summed E-state index contributed by atoms with van der Waals surface area (Å²) in [5.74, 6) is 2.06. The van der Waals surface area contributed by atoms with E-state index in [2.05, 4.69) is 177 Å². The second-order valence-corrected chi connectivity index (χ2v) is 20.3. The number of fused-ring (bicyclic) bond motifs is 6. The average molecular weight is 1330 g/mol. The number of hydrogen-bond donors (Lipinski definition) is 4. The van der Waals surface area contributed by atoms with Crippen molar-refractivity contribution in [2.24, 2.45) is 16.5 Å². The zero-order chi connectivity index (χ0) is 59.2. The Bertz CT molecular complexity index is 3320. The Morgan fingerprint density at radius 3 is 1.73 bits per heavy atom. The molecule has 12 nitrogen and oxygen atoms in total. The number of aliphatic hydroxyl groups is 1. The summed E-state index contributed by atoms with van der Waals surface area (Å²) in [6, 6.07) is 61.2. The molecule has 0 amide bonds. The van der Waals surface area contributed by atoms with Gasteiger partial charge in [-0.15, -0.1) is 12.4 Å². The normalized spacial score (nSPS) is 13.9. The van der Waals surface area contributed by atoms with Crippen LogP contribution in [0.5, 0.6) is 0 Å². The van der Waals surface area contributed by atoms with Crippen molar-refractivity contribution in [2.45, 2.75) is 86.0 Å². The third-order valence-electron chi connectivity index (χ3n) is 12.3. The number of halogens is 4. The van der Waals surface area contributed by atoms with Crippen LogP contribution < -0.4 is 11.5 Å².